The Labute approximate surface area is 187 Å². The molecule has 0 amide bonds. The molecule has 0 aromatic heterocycles. The maximum absolute atomic E-state index is 13.2. The molecule has 0 radical (unpaired) electrons. The number of Topliss-reactive ketones (excluding diaryl/α,β-unsaturated/α-hetero) is 1. The van der Waals surface area contributed by atoms with Crippen LogP contribution in [-0.2, 0) is 19.1 Å². The molecule has 0 aromatic carbocycles. The van der Waals surface area contributed by atoms with Crippen molar-refractivity contribution in [3.05, 3.63) is 0 Å². The fourth-order valence-corrected chi connectivity index (χ4v) is 10.8. The molecule has 0 aromatic rings. The summed E-state index contributed by atoms with van der Waals surface area (Å²) < 4.78 is 12.2. The number of carbonyl (C=O) groups excluding carboxylic acids is 2. The highest BCUT2D eigenvalue weighted by Crippen LogP contribution is 2.77. The summed E-state index contributed by atoms with van der Waals surface area (Å²) in [7, 11) is 0. The Hall–Kier alpha value is -0.900. The summed E-state index contributed by atoms with van der Waals surface area (Å²) in [6.45, 7) is 8.45. The summed E-state index contributed by atoms with van der Waals surface area (Å²) in [5.74, 6) is 2.98. The second kappa shape index (κ2) is 6.36. The second-order valence-electron chi connectivity index (χ2n) is 12.7. The molecular weight excluding hydrogens is 388 g/mol. The van der Waals surface area contributed by atoms with Crippen LogP contribution in [0.2, 0.25) is 0 Å². The molecule has 5 saturated carbocycles. The number of rotatable bonds is 2. The average molecular weight is 429 g/mol. The van der Waals surface area contributed by atoms with Crippen LogP contribution in [-0.4, -0.2) is 29.6 Å². The lowest BCUT2D eigenvalue weighted by molar-refractivity contribution is -0.163. The smallest absolute Gasteiger partial charge is 0.302 e. The number of ether oxygens (including phenoxy) is 2. The lowest BCUT2D eigenvalue weighted by Gasteiger charge is -2.61. The minimum absolute atomic E-state index is 0.0244. The highest BCUT2D eigenvalue weighted by Gasteiger charge is 2.78. The van der Waals surface area contributed by atoms with Gasteiger partial charge in [0, 0.05) is 24.2 Å². The molecule has 0 N–H and O–H groups in total. The van der Waals surface area contributed by atoms with Crippen molar-refractivity contribution in [3.63, 3.8) is 0 Å². The summed E-state index contributed by atoms with van der Waals surface area (Å²) in [5.41, 5.74) is 0.235. The van der Waals surface area contributed by atoms with Crippen LogP contribution < -0.4 is 0 Å². The van der Waals surface area contributed by atoms with Crippen LogP contribution in [0.15, 0.2) is 0 Å². The summed E-state index contributed by atoms with van der Waals surface area (Å²) in [6, 6.07) is 0. The van der Waals surface area contributed by atoms with E-state index in [0.717, 1.165) is 32.1 Å². The van der Waals surface area contributed by atoms with Crippen LogP contribution in [0.1, 0.15) is 98.3 Å². The Morgan fingerprint density at radius 3 is 2.42 bits per heavy atom. The van der Waals surface area contributed by atoms with E-state index in [0.29, 0.717) is 35.6 Å². The maximum atomic E-state index is 13.2. The zero-order valence-electron chi connectivity index (χ0n) is 19.9. The third kappa shape index (κ3) is 2.36. The van der Waals surface area contributed by atoms with Crippen molar-refractivity contribution in [1.82, 2.24) is 0 Å². The highest BCUT2D eigenvalue weighted by molar-refractivity contribution is 5.84. The van der Waals surface area contributed by atoms with Gasteiger partial charge in [-0.25, -0.2) is 0 Å². The number of esters is 1. The SMILES string of the molecule is CC(=O)O[C@@H]1CC[C@]2(C)[C@@H]3CC[C@@]4(C)[C@@H](C[C@H]5CCCC[C@@]54C(C)=O)[C@H]3C[C@@H]3O[C@@]32C1. The van der Waals surface area contributed by atoms with Gasteiger partial charge in [-0.2, -0.15) is 0 Å². The Morgan fingerprint density at radius 2 is 1.68 bits per heavy atom. The minimum atomic E-state index is -0.160. The molecule has 6 aliphatic rings. The Kier molecular flexibility index (Phi) is 4.25. The Balaban J connectivity index is 1.33. The van der Waals surface area contributed by atoms with Gasteiger partial charge in [0.1, 0.15) is 17.5 Å². The molecule has 1 aliphatic heterocycles. The first-order valence-corrected chi connectivity index (χ1v) is 13.0. The number of hydrogen-bond acceptors (Lipinski definition) is 4. The van der Waals surface area contributed by atoms with E-state index in [9.17, 15) is 9.59 Å². The highest BCUT2D eigenvalue weighted by atomic mass is 16.6. The van der Waals surface area contributed by atoms with Gasteiger partial charge in [0.25, 0.3) is 0 Å². The van der Waals surface area contributed by atoms with E-state index >= 15 is 0 Å². The largest absolute Gasteiger partial charge is 0.462 e. The normalized spacial score (nSPS) is 56.9. The van der Waals surface area contributed by atoms with Gasteiger partial charge in [0.15, 0.2) is 0 Å². The zero-order chi connectivity index (χ0) is 21.8. The number of hydrogen-bond donors (Lipinski definition) is 0. The Morgan fingerprint density at radius 1 is 0.903 bits per heavy atom. The van der Waals surface area contributed by atoms with Gasteiger partial charge in [-0.15, -0.1) is 0 Å². The fourth-order valence-electron chi connectivity index (χ4n) is 10.8. The average Bonchev–Trinajstić information content (AvgIpc) is 3.33. The summed E-state index contributed by atoms with van der Waals surface area (Å²) in [5, 5.41) is 0. The molecule has 1 spiro atoms. The molecule has 0 bridgehead atoms. The fraction of sp³-hybridized carbons (Fsp3) is 0.926. The zero-order valence-corrected chi connectivity index (χ0v) is 19.9. The van der Waals surface area contributed by atoms with E-state index in [-0.39, 0.29) is 33.9 Å². The van der Waals surface area contributed by atoms with Crippen molar-refractivity contribution >= 4 is 11.8 Å². The number of ketones is 1. The summed E-state index contributed by atoms with van der Waals surface area (Å²) in [4.78, 5) is 24.8. The van der Waals surface area contributed by atoms with E-state index in [1.807, 2.05) is 6.92 Å². The van der Waals surface area contributed by atoms with Crippen LogP contribution in [0.3, 0.4) is 0 Å². The predicted octanol–water partition coefficient (Wildman–Crippen LogP) is 5.47. The molecule has 6 fully saturated rings. The molecule has 1 heterocycles. The van der Waals surface area contributed by atoms with E-state index in [1.165, 1.54) is 45.4 Å². The first-order valence-electron chi connectivity index (χ1n) is 13.0. The predicted molar refractivity (Wildman–Crippen MR) is 117 cm³/mol. The van der Waals surface area contributed by atoms with E-state index in [2.05, 4.69) is 13.8 Å². The van der Waals surface area contributed by atoms with Crippen LogP contribution in [0.25, 0.3) is 0 Å². The first kappa shape index (κ1) is 20.7. The van der Waals surface area contributed by atoms with Crippen LogP contribution in [0, 0.1) is 39.9 Å². The van der Waals surface area contributed by atoms with Gasteiger partial charge in [-0.1, -0.05) is 26.7 Å². The monoisotopic (exact) mass is 428 g/mol. The number of carbonyl (C=O) groups is 2. The first-order chi connectivity index (χ1) is 14.7. The molecule has 4 heteroatoms. The lowest BCUT2D eigenvalue weighted by atomic mass is 9.42. The standard InChI is InChI=1S/C27H40O4/c1-16(28)26-10-6-5-7-18(26)13-22-20-14-23-27(31-23)15-19(30-17(2)29)8-11-25(27,4)21(20)9-12-24(22,26)3/h18-23H,5-15H2,1-4H3/t18-,19-,20+,21-,22+,23+,24+,25-,26-,27+/m1/s1. The van der Waals surface area contributed by atoms with Gasteiger partial charge in [-0.3, -0.25) is 9.59 Å². The summed E-state index contributed by atoms with van der Waals surface area (Å²) in [6.07, 6.45) is 13.1. The molecule has 5 aliphatic carbocycles. The van der Waals surface area contributed by atoms with Crippen molar-refractivity contribution < 1.29 is 19.1 Å². The van der Waals surface area contributed by atoms with Crippen molar-refractivity contribution in [2.45, 2.75) is 116 Å². The van der Waals surface area contributed by atoms with Gasteiger partial charge in [0.05, 0.1) is 6.10 Å². The van der Waals surface area contributed by atoms with E-state index < -0.39 is 0 Å². The molecule has 0 unspecified atom stereocenters. The topological polar surface area (TPSA) is 55.9 Å². The van der Waals surface area contributed by atoms with Crippen molar-refractivity contribution in [2.24, 2.45) is 39.9 Å². The van der Waals surface area contributed by atoms with Gasteiger partial charge in [-0.05, 0) is 87.4 Å². The van der Waals surface area contributed by atoms with Gasteiger partial charge in [0.2, 0.25) is 0 Å². The third-order valence-electron chi connectivity index (χ3n) is 12.0. The third-order valence-corrected chi connectivity index (χ3v) is 12.0. The second-order valence-corrected chi connectivity index (χ2v) is 12.7. The van der Waals surface area contributed by atoms with Crippen molar-refractivity contribution in [3.8, 4) is 0 Å². The van der Waals surface area contributed by atoms with Crippen LogP contribution in [0.5, 0.6) is 0 Å². The van der Waals surface area contributed by atoms with Gasteiger partial charge < -0.3 is 9.47 Å². The molecule has 4 nitrogen and oxygen atoms in total. The molecule has 10 atom stereocenters. The van der Waals surface area contributed by atoms with Crippen molar-refractivity contribution in [2.75, 3.05) is 0 Å². The van der Waals surface area contributed by atoms with Crippen molar-refractivity contribution in [1.29, 1.82) is 0 Å². The van der Waals surface area contributed by atoms with Crippen LogP contribution in [0.4, 0.5) is 0 Å². The maximum Gasteiger partial charge on any atom is 0.302 e. The molecule has 31 heavy (non-hydrogen) atoms. The van der Waals surface area contributed by atoms with Crippen LogP contribution >= 0.6 is 0 Å². The lowest BCUT2D eigenvalue weighted by Crippen LogP contribution is -2.60. The van der Waals surface area contributed by atoms with Gasteiger partial charge >= 0.3 is 5.97 Å². The number of epoxide rings is 1. The molecule has 6 rings (SSSR count). The molecule has 172 valence electrons. The number of fused-ring (bicyclic) bond motifs is 6. The Bertz CT molecular complexity index is 822. The molecular formula is C27H40O4. The minimum Gasteiger partial charge on any atom is -0.462 e. The quantitative estimate of drug-likeness (QED) is 0.432. The summed E-state index contributed by atoms with van der Waals surface area (Å²) >= 11 is 0. The molecule has 1 saturated heterocycles. The van der Waals surface area contributed by atoms with E-state index in [4.69, 9.17) is 9.47 Å². The van der Waals surface area contributed by atoms with E-state index in [1.54, 1.807) is 0 Å².